The standard InChI is InChI=1S/C12H13N3O/c13-15-3-1-2-8-11(15)9(16)4-10-12(8)5-7(12)6-14-10/h1-2,4,7,14H,3,5-6,13H2. The molecule has 2 aliphatic carbocycles. The van der Waals surface area contributed by atoms with Crippen LogP contribution in [0.2, 0.25) is 0 Å². The molecule has 82 valence electrons. The molecule has 4 rings (SSSR count). The van der Waals surface area contributed by atoms with Crippen molar-refractivity contribution in [2.45, 2.75) is 6.42 Å². The minimum absolute atomic E-state index is 0.0440. The van der Waals surface area contributed by atoms with Gasteiger partial charge in [0.2, 0.25) is 5.78 Å². The molecular formula is C12H13N3O. The summed E-state index contributed by atoms with van der Waals surface area (Å²) in [4.78, 5) is 12.0. The van der Waals surface area contributed by atoms with Gasteiger partial charge < -0.3 is 10.3 Å². The van der Waals surface area contributed by atoms with E-state index in [4.69, 9.17) is 5.84 Å². The second kappa shape index (κ2) is 2.40. The molecule has 0 radical (unpaired) electrons. The number of hydrogen-bond acceptors (Lipinski definition) is 4. The smallest absolute Gasteiger partial charge is 0.205 e. The Morgan fingerprint density at radius 1 is 1.56 bits per heavy atom. The molecule has 3 N–H and O–H groups in total. The highest BCUT2D eigenvalue weighted by molar-refractivity contribution is 6.07. The zero-order valence-corrected chi connectivity index (χ0v) is 8.86. The van der Waals surface area contributed by atoms with E-state index in [0.29, 0.717) is 18.2 Å². The van der Waals surface area contributed by atoms with Gasteiger partial charge in [0.15, 0.2) is 0 Å². The van der Waals surface area contributed by atoms with Gasteiger partial charge in [0.05, 0.1) is 6.54 Å². The van der Waals surface area contributed by atoms with Crippen LogP contribution in [-0.2, 0) is 4.79 Å². The van der Waals surface area contributed by atoms with Gasteiger partial charge in [-0.2, -0.15) is 0 Å². The molecule has 1 saturated heterocycles. The molecule has 1 spiro atoms. The van der Waals surface area contributed by atoms with Gasteiger partial charge in [0, 0.05) is 23.7 Å². The molecule has 0 aromatic rings. The first-order chi connectivity index (χ1) is 7.73. The lowest BCUT2D eigenvalue weighted by Crippen LogP contribution is -2.40. The molecule has 4 nitrogen and oxygen atoms in total. The van der Waals surface area contributed by atoms with E-state index < -0.39 is 0 Å². The van der Waals surface area contributed by atoms with Crippen molar-refractivity contribution in [3.63, 3.8) is 0 Å². The van der Waals surface area contributed by atoms with Crippen LogP contribution in [-0.4, -0.2) is 23.9 Å². The monoisotopic (exact) mass is 215 g/mol. The highest BCUT2D eigenvalue weighted by Gasteiger charge is 2.64. The molecule has 16 heavy (non-hydrogen) atoms. The lowest BCUT2D eigenvalue weighted by atomic mass is 9.82. The van der Waals surface area contributed by atoms with E-state index in [1.54, 1.807) is 11.1 Å². The van der Waals surface area contributed by atoms with Gasteiger partial charge >= 0.3 is 0 Å². The fourth-order valence-electron chi connectivity index (χ4n) is 3.39. The third-order valence-electron chi connectivity index (χ3n) is 4.24. The summed E-state index contributed by atoms with van der Waals surface area (Å²) >= 11 is 0. The Morgan fingerprint density at radius 3 is 3.25 bits per heavy atom. The Morgan fingerprint density at radius 2 is 2.44 bits per heavy atom. The lowest BCUT2D eigenvalue weighted by Gasteiger charge is -2.32. The van der Waals surface area contributed by atoms with E-state index in [-0.39, 0.29) is 11.2 Å². The van der Waals surface area contributed by atoms with Gasteiger partial charge in [-0.15, -0.1) is 0 Å². The van der Waals surface area contributed by atoms with Crippen molar-refractivity contribution >= 4 is 5.78 Å². The van der Waals surface area contributed by atoms with Crippen LogP contribution in [0.3, 0.4) is 0 Å². The van der Waals surface area contributed by atoms with Crippen molar-refractivity contribution in [2.75, 3.05) is 13.1 Å². The van der Waals surface area contributed by atoms with Crippen LogP contribution in [0.25, 0.3) is 0 Å². The van der Waals surface area contributed by atoms with Gasteiger partial charge in [-0.05, 0) is 17.9 Å². The molecule has 2 unspecified atom stereocenters. The number of carbonyl (C=O) groups excluding carboxylic acids is 1. The van der Waals surface area contributed by atoms with E-state index in [0.717, 1.165) is 24.2 Å². The second-order valence-corrected chi connectivity index (χ2v) is 4.99. The first-order valence-corrected chi connectivity index (χ1v) is 5.67. The van der Waals surface area contributed by atoms with Crippen molar-refractivity contribution in [1.29, 1.82) is 0 Å². The summed E-state index contributed by atoms with van der Waals surface area (Å²) in [5.74, 6) is 6.60. The largest absolute Gasteiger partial charge is 0.387 e. The van der Waals surface area contributed by atoms with Crippen molar-refractivity contribution in [3.8, 4) is 0 Å². The summed E-state index contributed by atoms with van der Waals surface area (Å²) in [6.07, 6.45) is 7.04. The number of nitrogens with zero attached hydrogens (tertiary/aromatic N) is 1. The number of rotatable bonds is 0. The Bertz CT molecular complexity index is 502. The molecule has 0 aromatic heterocycles. The van der Waals surface area contributed by atoms with Crippen LogP contribution < -0.4 is 11.2 Å². The molecule has 4 aliphatic rings. The fourth-order valence-corrected chi connectivity index (χ4v) is 3.39. The summed E-state index contributed by atoms with van der Waals surface area (Å²) in [7, 11) is 0. The average molecular weight is 215 g/mol. The molecular weight excluding hydrogens is 202 g/mol. The third-order valence-corrected chi connectivity index (χ3v) is 4.24. The summed E-state index contributed by atoms with van der Waals surface area (Å²) in [6.45, 7) is 1.62. The minimum Gasteiger partial charge on any atom is -0.387 e. The predicted octanol–water partition coefficient (Wildman–Crippen LogP) is 0.0621. The van der Waals surface area contributed by atoms with Gasteiger partial charge in [-0.3, -0.25) is 4.79 Å². The third kappa shape index (κ3) is 0.756. The molecule has 2 fully saturated rings. The molecule has 0 aromatic carbocycles. The van der Waals surface area contributed by atoms with E-state index in [9.17, 15) is 4.79 Å². The fraction of sp³-hybridized carbons (Fsp3) is 0.417. The second-order valence-electron chi connectivity index (χ2n) is 4.99. The Hall–Kier alpha value is -1.55. The number of nitrogens with two attached hydrogens (primary N) is 1. The predicted molar refractivity (Wildman–Crippen MR) is 58.7 cm³/mol. The van der Waals surface area contributed by atoms with Crippen molar-refractivity contribution < 1.29 is 4.79 Å². The van der Waals surface area contributed by atoms with E-state index in [1.807, 2.05) is 6.08 Å². The number of carbonyl (C=O) groups is 1. The normalized spacial score (nSPS) is 38.8. The van der Waals surface area contributed by atoms with Crippen LogP contribution in [0.1, 0.15) is 6.42 Å². The number of hydrogen-bond donors (Lipinski definition) is 2. The number of piperidine rings is 1. The van der Waals surface area contributed by atoms with Crippen molar-refractivity contribution in [1.82, 2.24) is 10.3 Å². The van der Waals surface area contributed by atoms with Crippen LogP contribution in [0.15, 0.2) is 35.2 Å². The molecule has 4 heteroatoms. The van der Waals surface area contributed by atoms with E-state index >= 15 is 0 Å². The maximum absolute atomic E-state index is 12.0. The summed E-state index contributed by atoms with van der Waals surface area (Å²) in [5.41, 5.74) is 3.06. The van der Waals surface area contributed by atoms with Gasteiger partial charge in [-0.25, -0.2) is 5.84 Å². The van der Waals surface area contributed by atoms with Crippen LogP contribution in [0.4, 0.5) is 0 Å². The Balaban J connectivity index is 1.95. The maximum atomic E-state index is 12.0. The lowest BCUT2D eigenvalue weighted by molar-refractivity contribution is -0.113. The van der Waals surface area contributed by atoms with Gasteiger partial charge in [0.25, 0.3) is 0 Å². The number of nitrogens with one attached hydrogen (secondary N) is 1. The van der Waals surface area contributed by atoms with Gasteiger partial charge in [0.1, 0.15) is 5.70 Å². The van der Waals surface area contributed by atoms with E-state index in [1.165, 1.54) is 0 Å². The minimum atomic E-state index is 0.0440. The molecule has 1 saturated carbocycles. The van der Waals surface area contributed by atoms with Gasteiger partial charge in [-0.1, -0.05) is 12.2 Å². The summed E-state index contributed by atoms with van der Waals surface area (Å²) in [5, 5.41) is 4.92. The Labute approximate surface area is 93.4 Å². The average Bonchev–Trinajstić information content (AvgIpc) is 2.89. The zero-order chi connectivity index (χ0) is 10.9. The highest BCUT2D eigenvalue weighted by atomic mass is 16.1. The van der Waals surface area contributed by atoms with Crippen LogP contribution in [0.5, 0.6) is 0 Å². The first-order valence-electron chi connectivity index (χ1n) is 5.67. The summed E-state index contributed by atoms with van der Waals surface area (Å²) in [6, 6.07) is 0. The number of hydrazine groups is 1. The molecule has 2 heterocycles. The maximum Gasteiger partial charge on any atom is 0.205 e. The van der Waals surface area contributed by atoms with Crippen molar-refractivity contribution in [2.24, 2.45) is 17.2 Å². The summed E-state index contributed by atoms with van der Waals surface area (Å²) < 4.78 is 0. The van der Waals surface area contributed by atoms with Crippen molar-refractivity contribution in [3.05, 3.63) is 35.2 Å². The molecule has 2 aliphatic heterocycles. The Kier molecular flexibility index (Phi) is 1.29. The van der Waals surface area contributed by atoms with Crippen LogP contribution >= 0.6 is 0 Å². The topological polar surface area (TPSA) is 58.4 Å². The number of allylic oxidation sites excluding steroid dienone is 3. The molecule has 0 bridgehead atoms. The molecule has 2 atom stereocenters. The quantitative estimate of drug-likeness (QED) is 0.561. The SMILES string of the molecule is NN1CC=CC2=C1C(=O)C=C1NCC3CC123. The van der Waals surface area contributed by atoms with E-state index in [2.05, 4.69) is 11.4 Å². The highest BCUT2D eigenvalue weighted by Crippen LogP contribution is 2.67. The first kappa shape index (κ1) is 8.58. The zero-order valence-electron chi connectivity index (χ0n) is 8.86. The van der Waals surface area contributed by atoms with Crippen LogP contribution in [0, 0.1) is 11.3 Å². The molecule has 0 amide bonds. The number of ketones is 1.